The van der Waals surface area contributed by atoms with E-state index in [-0.39, 0.29) is 6.42 Å². The number of hydrogen-bond donors (Lipinski definition) is 2. The molecule has 0 aliphatic heterocycles. The standard InChI is InChI=1S/C11H14O3S/c1-7-5-8-9(15-7)3-2-4-11(8,14)6-10(12)13/h5,14H,2-4,6H2,1H3,(H,12,13). The molecule has 1 unspecified atom stereocenters. The van der Waals surface area contributed by atoms with Crippen molar-refractivity contribution in [3.63, 3.8) is 0 Å². The maximum Gasteiger partial charge on any atom is 0.306 e. The fourth-order valence-electron chi connectivity index (χ4n) is 2.25. The summed E-state index contributed by atoms with van der Waals surface area (Å²) in [6.45, 7) is 1.99. The summed E-state index contributed by atoms with van der Waals surface area (Å²) in [5.41, 5.74) is -0.289. The van der Waals surface area contributed by atoms with Crippen LogP contribution < -0.4 is 0 Å². The number of carboxylic acids is 1. The second-order valence-corrected chi connectivity index (χ2v) is 5.49. The fraction of sp³-hybridized carbons (Fsp3) is 0.545. The number of aryl methyl sites for hydroxylation is 2. The quantitative estimate of drug-likeness (QED) is 0.811. The molecular weight excluding hydrogens is 212 g/mol. The molecule has 1 atom stereocenters. The molecule has 82 valence electrons. The number of hydrogen-bond acceptors (Lipinski definition) is 3. The van der Waals surface area contributed by atoms with E-state index in [9.17, 15) is 9.90 Å². The molecule has 15 heavy (non-hydrogen) atoms. The van der Waals surface area contributed by atoms with E-state index in [2.05, 4.69) is 0 Å². The average Bonchev–Trinajstić information content (AvgIpc) is 2.45. The highest BCUT2D eigenvalue weighted by atomic mass is 32.1. The first kappa shape index (κ1) is 10.6. The fourth-order valence-corrected chi connectivity index (χ4v) is 3.42. The van der Waals surface area contributed by atoms with Gasteiger partial charge >= 0.3 is 5.97 Å². The Hall–Kier alpha value is -0.870. The van der Waals surface area contributed by atoms with Gasteiger partial charge in [-0.3, -0.25) is 4.79 Å². The van der Waals surface area contributed by atoms with E-state index in [1.807, 2.05) is 13.0 Å². The minimum Gasteiger partial charge on any atom is -0.481 e. The Balaban J connectivity index is 2.39. The van der Waals surface area contributed by atoms with E-state index in [1.165, 1.54) is 0 Å². The molecule has 2 rings (SSSR count). The SMILES string of the molecule is Cc1cc2c(s1)CCCC2(O)CC(=O)O. The lowest BCUT2D eigenvalue weighted by molar-refractivity contribution is -0.143. The Morgan fingerprint density at radius 1 is 1.67 bits per heavy atom. The van der Waals surface area contributed by atoms with Crippen molar-refractivity contribution in [1.29, 1.82) is 0 Å². The van der Waals surface area contributed by atoms with E-state index in [0.29, 0.717) is 6.42 Å². The molecule has 2 N–H and O–H groups in total. The van der Waals surface area contributed by atoms with Crippen LogP contribution in [0.15, 0.2) is 6.07 Å². The van der Waals surface area contributed by atoms with Gasteiger partial charge in [0.05, 0.1) is 6.42 Å². The van der Waals surface area contributed by atoms with Gasteiger partial charge in [0.15, 0.2) is 0 Å². The van der Waals surface area contributed by atoms with Crippen LogP contribution in [0.25, 0.3) is 0 Å². The lowest BCUT2D eigenvalue weighted by Crippen LogP contribution is -2.32. The molecule has 0 aromatic carbocycles. The molecule has 0 spiro atoms. The first-order valence-corrected chi connectivity index (χ1v) is 5.87. The van der Waals surface area contributed by atoms with Gasteiger partial charge < -0.3 is 10.2 Å². The van der Waals surface area contributed by atoms with Crippen LogP contribution in [0.1, 0.15) is 34.6 Å². The third kappa shape index (κ3) is 1.92. The van der Waals surface area contributed by atoms with Crippen molar-refractivity contribution in [2.45, 2.75) is 38.2 Å². The molecule has 4 heteroatoms. The first-order chi connectivity index (χ1) is 7.01. The topological polar surface area (TPSA) is 57.5 Å². The van der Waals surface area contributed by atoms with Crippen LogP contribution >= 0.6 is 11.3 Å². The molecule has 0 saturated heterocycles. The molecule has 0 radical (unpaired) electrons. The minimum atomic E-state index is -1.13. The molecule has 1 aliphatic carbocycles. The molecule has 1 aromatic rings. The van der Waals surface area contributed by atoms with Crippen LogP contribution in [-0.2, 0) is 16.8 Å². The molecule has 1 heterocycles. The molecule has 0 fully saturated rings. The van der Waals surface area contributed by atoms with Crippen LogP contribution in [0, 0.1) is 6.92 Å². The summed E-state index contributed by atoms with van der Waals surface area (Å²) in [6, 6.07) is 1.93. The second kappa shape index (κ2) is 3.61. The average molecular weight is 226 g/mol. The largest absolute Gasteiger partial charge is 0.481 e. The monoisotopic (exact) mass is 226 g/mol. The van der Waals surface area contributed by atoms with Crippen molar-refractivity contribution >= 4 is 17.3 Å². The Labute approximate surface area is 92.4 Å². The van der Waals surface area contributed by atoms with Crippen molar-refractivity contribution in [2.24, 2.45) is 0 Å². The highest BCUT2D eigenvalue weighted by molar-refractivity contribution is 7.12. The van der Waals surface area contributed by atoms with Gasteiger partial charge in [-0.15, -0.1) is 11.3 Å². The number of aliphatic carboxylic acids is 1. The van der Waals surface area contributed by atoms with Gasteiger partial charge in [0.25, 0.3) is 0 Å². The number of rotatable bonds is 2. The molecular formula is C11H14O3S. The predicted molar refractivity (Wildman–Crippen MR) is 58.1 cm³/mol. The number of aliphatic hydroxyl groups is 1. The summed E-state index contributed by atoms with van der Waals surface area (Å²) in [5.74, 6) is -0.936. The number of carbonyl (C=O) groups is 1. The van der Waals surface area contributed by atoms with E-state index >= 15 is 0 Å². The predicted octanol–water partition coefficient (Wildman–Crippen LogP) is 2.06. The third-order valence-electron chi connectivity index (χ3n) is 2.87. The minimum absolute atomic E-state index is 0.184. The van der Waals surface area contributed by atoms with Gasteiger partial charge in [-0.25, -0.2) is 0 Å². The number of thiophene rings is 1. The first-order valence-electron chi connectivity index (χ1n) is 5.05. The Bertz CT molecular complexity index is 397. The summed E-state index contributed by atoms with van der Waals surface area (Å²) < 4.78 is 0. The summed E-state index contributed by atoms with van der Waals surface area (Å²) >= 11 is 1.67. The Morgan fingerprint density at radius 3 is 3.07 bits per heavy atom. The van der Waals surface area contributed by atoms with Gasteiger partial charge in [-0.05, 0) is 37.8 Å². The van der Waals surface area contributed by atoms with Crippen LogP contribution in [0.3, 0.4) is 0 Å². The van der Waals surface area contributed by atoms with Crippen molar-refractivity contribution in [3.8, 4) is 0 Å². The summed E-state index contributed by atoms with van der Waals surface area (Å²) in [7, 11) is 0. The van der Waals surface area contributed by atoms with Gasteiger partial charge in [-0.1, -0.05) is 0 Å². The lowest BCUT2D eigenvalue weighted by Gasteiger charge is -2.31. The Kier molecular flexibility index (Phi) is 2.56. The van der Waals surface area contributed by atoms with Gasteiger partial charge in [0, 0.05) is 9.75 Å². The van der Waals surface area contributed by atoms with E-state index in [0.717, 1.165) is 28.2 Å². The van der Waals surface area contributed by atoms with Crippen molar-refractivity contribution in [3.05, 3.63) is 21.4 Å². The summed E-state index contributed by atoms with van der Waals surface area (Å²) in [5, 5.41) is 19.1. The molecule has 0 amide bonds. The third-order valence-corrected chi connectivity index (χ3v) is 3.98. The second-order valence-electron chi connectivity index (χ2n) is 4.15. The zero-order valence-corrected chi connectivity index (χ0v) is 9.43. The van der Waals surface area contributed by atoms with Crippen LogP contribution in [-0.4, -0.2) is 16.2 Å². The summed E-state index contributed by atoms with van der Waals surface area (Å²) in [4.78, 5) is 13.0. The van der Waals surface area contributed by atoms with Crippen molar-refractivity contribution < 1.29 is 15.0 Å². The van der Waals surface area contributed by atoms with Crippen LogP contribution in [0.4, 0.5) is 0 Å². The van der Waals surface area contributed by atoms with E-state index in [4.69, 9.17) is 5.11 Å². The zero-order chi connectivity index (χ0) is 11.1. The highest BCUT2D eigenvalue weighted by Crippen LogP contribution is 2.41. The van der Waals surface area contributed by atoms with Crippen molar-refractivity contribution in [2.75, 3.05) is 0 Å². The number of fused-ring (bicyclic) bond motifs is 1. The van der Waals surface area contributed by atoms with Gasteiger partial charge in [0.2, 0.25) is 0 Å². The summed E-state index contributed by atoms with van der Waals surface area (Å²) in [6.07, 6.45) is 2.21. The Morgan fingerprint density at radius 2 is 2.40 bits per heavy atom. The van der Waals surface area contributed by atoms with E-state index in [1.54, 1.807) is 11.3 Å². The lowest BCUT2D eigenvalue weighted by atomic mass is 9.81. The number of carboxylic acid groups (broad SMARTS) is 1. The normalized spacial score (nSPS) is 24.9. The van der Waals surface area contributed by atoms with E-state index < -0.39 is 11.6 Å². The maximum atomic E-state index is 10.7. The van der Waals surface area contributed by atoms with Gasteiger partial charge in [0.1, 0.15) is 5.60 Å². The molecule has 1 aromatic heterocycles. The molecule has 3 nitrogen and oxygen atoms in total. The van der Waals surface area contributed by atoms with Crippen LogP contribution in [0.5, 0.6) is 0 Å². The molecule has 1 aliphatic rings. The molecule has 0 bridgehead atoms. The van der Waals surface area contributed by atoms with Crippen molar-refractivity contribution in [1.82, 2.24) is 0 Å². The maximum absolute atomic E-state index is 10.7. The smallest absolute Gasteiger partial charge is 0.306 e. The molecule has 0 saturated carbocycles. The highest BCUT2D eigenvalue weighted by Gasteiger charge is 2.37. The van der Waals surface area contributed by atoms with Crippen LogP contribution in [0.2, 0.25) is 0 Å². The van der Waals surface area contributed by atoms with Gasteiger partial charge in [-0.2, -0.15) is 0 Å². The zero-order valence-electron chi connectivity index (χ0n) is 8.62.